The maximum absolute atomic E-state index is 12.9. The highest BCUT2D eigenvalue weighted by atomic mass is 32.1. The predicted octanol–water partition coefficient (Wildman–Crippen LogP) is 4.06. The van der Waals surface area contributed by atoms with E-state index in [1.165, 1.54) is 4.88 Å². The molecule has 2 aromatic carbocycles. The fourth-order valence-corrected chi connectivity index (χ4v) is 5.22. The lowest BCUT2D eigenvalue weighted by molar-refractivity contribution is 0.0950. The number of rotatable bonds is 7. The Morgan fingerprint density at radius 1 is 1.15 bits per heavy atom. The van der Waals surface area contributed by atoms with Crippen LogP contribution in [0.3, 0.4) is 0 Å². The number of hydrogen-bond donors (Lipinski definition) is 2. The van der Waals surface area contributed by atoms with Crippen LogP contribution >= 0.6 is 11.3 Å². The lowest BCUT2D eigenvalue weighted by Gasteiger charge is -2.27. The number of ether oxygens (including phenoxy) is 1. The van der Waals surface area contributed by atoms with Crippen molar-refractivity contribution in [2.75, 3.05) is 26.5 Å². The fourth-order valence-electron chi connectivity index (χ4n) is 4.15. The first-order valence-electron chi connectivity index (χ1n) is 11.3. The third-order valence-corrected chi connectivity index (χ3v) is 7.20. The third kappa shape index (κ3) is 5.46. The lowest BCUT2D eigenvalue weighted by atomic mass is 9.97. The van der Waals surface area contributed by atoms with E-state index in [2.05, 4.69) is 34.6 Å². The number of benzene rings is 2. The van der Waals surface area contributed by atoms with Gasteiger partial charge in [-0.25, -0.2) is 4.98 Å². The van der Waals surface area contributed by atoms with Gasteiger partial charge in [0.25, 0.3) is 11.8 Å². The number of methoxy groups -OCH3 is 1. The number of likely N-dealkylation sites (N-methyl/N-ethyl adjacent to an activating group) is 1. The average Bonchev–Trinajstić information content (AvgIpc) is 3.24. The molecule has 1 aliphatic rings. The summed E-state index contributed by atoms with van der Waals surface area (Å²) in [5.41, 5.74) is 3.94. The lowest BCUT2D eigenvalue weighted by Crippen LogP contribution is -2.32. The smallest absolute Gasteiger partial charge is 0.257 e. The number of carbonyl (C=O) groups excluding carboxylic acids is 2. The number of carbonyl (C=O) groups is 2. The highest BCUT2D eigenvalue weighted by molar-refractivity contribution is 7.15. The number of nitrogens with zero attached hydrogens (tertiary/aromatic N) is 2. The molecule has 0 saturated carbocycles. The van der Waals surface area contributed by atoms with Crippen LogP contribution in [0.5, 0.6) is 5.75 Å². The van der Waals surface area contributed by atoms with Gasteiger partial charge in [-0.1, -0.05) is 12.1 Å². The molecule has 4 rings (SSSR count). The van der Waals surface area contributed by atoms with E-state index >= 15 is 0 Å². The Kier molecular flexibility index (Phi) is 7.29. The molecule has 0 radical (unpaired) electrons. The standard InChI is InChI=1S/C26H30N4O3S/c1-16-12-19(8-11-22(16)33-4)24(31)27-15-17-6-5-7-18(13-17)25(32)29-26-28-21-10-9-20(30(2)3)14-23(21)34-26/h5-8,11-13,20H,9-10,14-15H2,1-4H3,(H,27,31)(H,28,29,32). The largest absolute Gasteiger partial charge is 0.496 e. The van der Waals surface area contributed by atoms with Crippen molar-refractivity contribution < 1.29 is 14.3 Å². The number of amides is 2. The van der Waals surface area contributed by atoms with Gasteiger partial charge in [-0.05, 0) is 81.7 Å². The van der Waals surface area contributed by atoms with Gasteiger partial charge in [-0.2, -0.15) is 0 Å². The monoisotopic (exact) mass is 478 g/mol. The minimum Gasteiger partial charge on any atom is -0.496 e. The first-order chi connectivity index (χ1) is 16.3. The first-order valence-corrected chi connectivity index (χ1v) is 12.1. The van der Waals surface area contributed by atoms with Crippen molar-refractivity contribution in [3.8, 4) is 5.75 Å². The molecule has 178 valence electrons. The van der Waals surface area contributed by atoms with Gasteiger partial charge >= 0.3 is 0 Å². The average molecular weight is 479 g/mol. The van der Waals surface area contributed by atoms with Gasteiger partial charge < -0.3 is 15.0 Å². The van der Waals surface area contributed by atoms with Crippen LogP contribution in [0.25, 0.3) is 0 Å². The van der Waals surface area contributed by atoms with E-state index in [0.717, 1.165) is 41.8 Å². The Bertz CT molecular complexity index is 1200. The van der Waals surface area contributed by atoms with Gasteiger partial charge in [-0.3, -0.25) is 14.9 Å². The van der Waals surface area contributed by atoms with Crippen molar-refractivity contribution in [2.24, 2.45) is 0 Å². The maximum Gasteiger partial charge on any atom is 0.257 e. The number of aryl methyl sites for hydroxylation is 2. The Morgan fingerprint density at radius 3 is 2.68 bits per heavy atom. The van der Waals surface area contributed by atoms with Crippen molar-refractivity contribution >= 4 is 28.3 Å². The number of hydrogen-bond acceptors (Lipinski definition) is 6. The summed E-state index contributed by atoms with van der Waals surface area (Å²) in [7, 11) is 5.81. The molecule has 0 aliphatic heterocycles. The molecular weight excluding hydrogens is 448 g/mol. The van der Waals surface area contributed by atoms with E-state index in [4.69, 9.17) is 4.74 Å². The summed E-state index contributed by atoms with van der Waals surface area (Å²) in [6.07, 6.45) is 2.99. The molecule has 1 unspecified atom stereocenters. The van der Waals surface area contributed by atoms with Crippen LogP contribution in [0.4, 0.5) is 5.13 Å². The molecule has 8 heteroatoms. The van der Waals surface area contributed by atoms with Crippen molar-refractivity contribution in [3.05, 3.63) is 75.3 Å². The Morgan fingerprint density at radius 2 is 1.94 bits per heavy atom. The van der Waals surface area contributed by atoms with E-state index in [-0.39, 0.29) is 11.8 Å². The topological polar surface area (TPSA) is 83.6 Å². The Hall–Kier alpha value is -3.23. The SMILES string of the molecule is COc1ccc(C(=O)NCc2cccc(C(=O)Nc3nc4c(s3)CC(N(C)C)CC4)c2)cc1C. The summed E-state index contributed by atoms with van der Waals surface area (Å²) >= 11 is 1.56. The van der Waals surface area contributed by atoms with Gasteiger partial charge in [0.1, 0.15) is 5.75 Å². The zero-order valence-electron chi connectivity index (χ0n) is 20.0. The van der Waals surface area contributed by atoms with Crippen molar-refractivity contribution in [1.29, 1.82) is 0 Å². The van der Waals surface area contributed by atoms with Gasteiger partial charge in [0, 0.05) is 28.6 Å². The van der Waals surface area contributed by atoms with Gasteiger partial charge in [-0.15, -0.1) is 11.3 Å². The maximum atomic E-state index is 12.9. The summed E-state index contributed by atoms with van der Waals surface area (Å²) in [5.74, 6) is 0.369. The molecule has 1 aliphatic carbocycles. The summed E-state index contributed by atoms with van der Waals surface area (Å²) in [5, 5.41) is 6.51. The molecule has 2 N–H and O–H groups in total. The van der Waals surface area contributed by atoms with Crippen LogP contribution in [0, 0.1) is 6.92 Å². The molecule has 1 atom stereocenters. The van der Waals surface area contributed by atoms with Crippen LogP contribution in [-0.2, 0) is 19.4 Å². The van der Waals surface area contributed by atoms with Gasteiger partial charge in [0.05, 0.1) is 12.8 Å². The van der Waals surface area contributed by atoms with Crippen molar-refractivity contribution in [2.45, 2.75) is 38.8 Å². The molecule has 2 amide bonds. The van der Waals surface area contributed by atoms with E-state index < -0.39 is 0 Å². The number of nitrogens with one attached hydrogen (secondary N) is 2. The Labute approximate surface area is 204 Å². The molecule has 0 fully saturated rings. The third-order valence-electron chi connectivity index (χ3n) is 6.16. The number of aromatic nitrogens is 1. The Balaban J connectivity index is 1.37. The summed E-state index contributed by atoms with van der Waals surface area (Å²) in [4.78, 5) is 33.6. The fraction of sp³-hybridized carbons (Fsp3) is 0.346. The molecule has 34 heavy (non-hydrogen) atoms. The van der Waals surface area contributed by atoms with E-state index in [1.807, 2.05) is 19.1 Å². The second kappa shape index (κ2) is 10.4. The second-order valence-electron chi connectivity index (χ2n) is 8.77. The molecule has 0 spiro atoms. The highest BCUT2D eigenvalue weighted by Gasteiger charge is 2.24. The van der Waals surface area contributed by atoms with Crippen molar-refractivity contribution in [3.63, 3.8) is 0 Å². The van der Waals surface area contributed by atoms with E-state index in [1.54, 1.807) is 48.8 Å². The number of anilines is 1. The summed E-state index contributed by atoms with van der Waals surface area (Å²) in [6, 6.07) is 13.1. The van der Waals surface area contributed by atoms with Crippen LogP contribution < -0.4 is 15.4 Å². The molecule has 0 saturated heterocycles. The van der Waals surface area contributed by atoms with Gasteiger partial charge in [0.2, 0.25) is 0 Å². The van der Waals surface area contributed by atoms with Crippen LogP contribution in [0.2, 0.25) is 0 Å². The van der Waals surface area contributed by atoms with Crippen molar-refractivity contribution in [1.82, 2.24) is 15.2 Å². The second-order valence-corrected chi connectivity index (χ2v) is 9.85. The van der Waals surface area contributed by atoms with Gasteiger partial charge in [0.15, 0.2) is 5.13 Å². The molecule has 1 aromatic heterocycles. The molecule has 1 heterocycles. The van der Waals surface area contributed by atoms with E-state index in [0.29, 0.717) is 28.8 Å². The minimum atomic E-state index is -0.200. The van der Waals surface area contributed by atoms with Crippen LogP contribution in [-0.4, -0.2) is 48.9 Å². The quantitative estimate of drug-likeness (QED) is 0.535. The van der Waals surface area contributed by atoms with Crippen LogP contribution in [0.15, 0.2) is 42.5 Å². The highest BCUT2D eigenvalue weighted by Crippen LogP contribution is 2.31. The molecule has 7 nitrogen and oxygen atoms in total. The zero-order valence-corrected chi connectivity index (χ0v) is 20.8. The molecule has 0 bridgehead atoms. The predicted molar refractivity (Wildman–Crippen MR) is 135 cm³/mol. The zero-order chi connectivity index (χ0) is 24.2. The first kappa shape index (κ1) is 23.9. The number of fused-ring (bicyclic) bond motifs is 1. The molecule has 3 aromatic rings. The number of thiazole rings is 1. The van der Waals surface area contributed by atoms with Crippen LogP contribution in [0.1, 0.15) is 48.8 Å². The molecular formula is C26H30N4O3S. The normalized spacial score (nSPS) is 15.0. The summed E-state index contributed by atoms with van der Waals surface area (Å²) in [6.45, 7) is 2.22. The summed E-state index contributed by atoms with van der Waals surface area (Å²) < 4.78 is 5.25. The minimum absolute atomic E-state index is 0.176. The van der Waals surface area contributed by atoms with E-state index in [9.17, 15) is 9.59 Å².